The number of hydrogen-bond donors (Lipinski definition) is 2. The molecule has 6 nitrogen and oxygen atoms in total. The highest BCUT2D eigenvalue weighted by atomic mass is 16.1. The first-order valence-electron chi connectivity index (χ1n) is 6.81. The average Bonchev–Trinajstić information content (AvgIpc) is 2.96. The van der Waals surface area contributed by atoms with E-state index in [9.17, 15) is 4.79 Å². The van der Waals surface area contributed by atoms with Gasteiger partial charge in [-0.25, -0.2) is 0 Å². The van der Waals surface area contributed by atoms with Gasteiger partial charge in [-0.2, -0.15) is 5.10 Å². The van der Waals surface area contributed by atoms with E-state index in [0.717, 1.165) is 5.69 Å². The van der Waals surface area contributed by atoms with E-state index in [0.29, 0.717) is 23.6 Å². The fraction of sp³-hybridized carbons (Fsp3) is 0.0625. The highest BCUT2D eigenvalue weighted by Gasteiger charge is 2.08. The van der Waals surface area contributed by atoms with E-state index < -0.39 is 0 Å². The van der Waals surface area contributed by atoms with Crippen molar-refractivity contribution < 1.29 is 4.79 Å². The van der Waals surface area contributed by atoms with Gasteiger partial charge in [0.25, 0.3) is 5.91 Å². The maximum atomic E-state index is 12.1. The minimum absolute atomic E-state index is 0.219. The molecule has 1 aromatic carbocycles. The molecule has 0 saturated heterocycles. The number of benzene rings is 1. The van der Waals surface area contributed by atoms with Crippen LogP contribution in [0.3, 0.4) is 0 Å². The quantitative estimate of drug-likeness (QED) is 0.722. The van der Waals surface area contributed by atoms with Crippen molar-refractivity contribution in [2.75, 3.05) is 11.1 Å². The molecule has 3 rings (SSSR count). The second kappa shape index (κ2) is 6.09. The van der Waals surface area contributed by atoms with Gasteiger partial charge in [0.1, 0.15) is 0 Å². The zero-order chi connectivity index (χ0) is 15.4. The van der Waals surface area contributed by atoms with Gasteiger partial charge in [-0.3, -0.25) is 14.5 Å². The largest absolute Gasteiger partial charge is 0.399 e. The van der Waals surface area contributed by atoms with Crippen LogP contribution in [0.1, 0.15) is 16.1 Å². The number of nitrogens with zero attached hydrogens (tertiary/aromatic N) is 3. The normalized spacial score (nSPS) is 10.4. The van der Waals surface area contributed by atoms with E-state index in [1.54, 1.807) is 47.4 Å². The van der Waals surface area contributed by atoms with Gasteiger partial charge in [-0.1, -0.05) is 6.07 Å². The van der Waals surface area contributed by atoms with Gasteiger partial charge in [0.2, 0.25) is 0 Å². The molecule has 2 aromatic heterocycles. The van der Waals surface area contributed by atoms with Crippen LogP contribution >= 0.6 is 0 Å². The number of anilines is 2. The van der Waals surface area contributed by atoms with Gasteiger partial charge < -0.3 is 11.1 Å². The summed E-state index contributed by atoms with van der Waals surface area (Å²) in [7, 11) is 0. The van der Waals surface area contributed by atoms with Crippen molar-refractivity contribution in [1.82, 2.24) is 14.8 Å². The molecule has 0 fully saturated rings. The van der Waals surface area contributed by atoms with Gasteiger partial charge in [-0.15, -0.1) is 0 Å². The van der Waals surface area contributed by atoms with E-state index in [-0.39, 0.29) is 5.91 Å². The molecule has 0 unspecified atom stereocenters. The summed E-state index contributed by atoms with van der Waals surface area (Å²) < 4.78 is 1.72. The Morgan fingerprint density at radius 2 is 1.95 bits per heavy atom. The van der Waals surface area contributed by atoms with Crippen molar-refractivity contribution in [2.45, 2.75) is 6.54 Å². The monoisotopic (exact) mass is 293 g/mol. The van der Waals surface area contributed by atoms with Gasteiger partial charge >= 0.3 is 0 Å². The van der Waals surface area contributed by atoms with E-state index in [1.165, 1.54) is 0 Å². The van der Waals surface area contributed by atoms with Crippen LogP contribution in [0, 0.1) is 0 Å². The van der Waals surface area contributed by atoms with Gasteiger partial charge in [-0.05, 0) is 36.4 Å². The highest BCUT2D eigenvalue weighted by Crippen LogP contribution is 2.10. The average molecular weight is 293 g/mol. The molecule has 3 N–H and O–H groups in total. The number of nitrogen functional groups attached to an aromatic ring is 1. The van der Waals surface area contributed by atoms with Crippen LogP contribution in [0.15, 0.2) is 60.9 Å². The van der Waals surface area contributed by atoms with Crippen LogP contribution in [-0.4, -0.2) is 20.7 Å². The van der Waals surface area contributed by atoms with Crippen molar-refractivity contribution in [3.8, 4) is 0 Å². The molecule has 0 radical (unpaired) electrons. The van der Waals surface area contributed by atoms with E-state index in [1.807, 2.05) is 18.2 Å². The summed E-state index contributed by atoms with van der Waals surface area (Å²) in [5.74, 6) is 0.279. The molecule has 0 aliphatic rings. The Morgan fingerprint density at radius 3 is 2.68 bits per heavy atom. The lowest BCUT2D eigenvalue weighted by Crippen LogP contribution is -2.13. The highest BCUT2D eigenvalue weighted by molar-refractivity contribution is 6.03. The molecule has 110 valence electrons. The van der Waals surface area contributed by atoms with Crippen LogP contribution in [0.2, 0.25) is 0 Å². The van der Waals surface area contributed by atoms with Gasteiger partial charge in [0.15, 0.2) is 5.82 Å². The third-order valence-electron chi connectivity index (χ3n) is 3.11. The number of pyridine rings is 1. The van der Waals surface area contributed by atoms with Crippen LogP contribution in [0.25, 0.3) is 0 Å². The predicted octanol–water partition coefficient (Wildman–Crippen LogP) is 2.16. The third kappa shape index (κ3) is 3.29. The van der Waals surface area contributed by atoms with Crippen molar-refractivity contribution in [3.63, 3.8) is 0 Å². The number of carbonyl (C=O) groups is 1. The summed E-state index contributed by atoms with van der Waals surface area (Å²) in [6.07, 6.45) is 3.54. The smallest absolute Gasteiger partial charge is 0.256 e. The maximum absolute atomic E-state index is 12.1. The van der Waals surface area contributed by atoms with Crippen LogP contribution in [0.4, 0.5) is 11.5 Å². The molecule has 3 aromatic rings. The molecule has 0 aliphatic heterocycles. The number of carbonyl (C=O) groups excluding carboxylic acids is 1. The molecule has 1 amide bonds. The summed E-state index contributed by atoms with van der Waals surface area (Å²) in [6.45, 7) is 0.554. The Morgan fingerprint density at radius 1 is 1.14 bits per heavy atom. The lowest BCUT2D eigenvalue weighted by molar-refractivity contribution is 0.102. The first-order chi connectivity index (χ1) is 10.7. The molecular formula is C16H15N5O. The molecule has 0 spiro atoms. The molecular weight excluding hydrogens is 278 g/mol. The fourth-order valence-electron chi connectivity index (χ4n) is 2.00. The minimum atomic E-state index is -0.219. The topological polar surface area (TPSA) is 85.8 Å². The van der Waals surface area contributed by atoms with Crippen molar-refractivity contribution in [1.29, 1.82) is 0 Å². The number of nitrogens with one attached hydrogen (secondary N) is 1. The van der Waals surface area contributed by atoms with Gasteiger partial charge in [0, 0.05) is 29.7 Å². The fourth-order valence-corrected chi connectivity index (χ4v) is 2.00. The molecule has 0 bridgehead atoms. The zero-order valence-electron chi connectivity index (χ0n) is 11.8. The van der Waals surface area contributed by atoms with Crippen LogP contribution < -0.4 is 11.1 Å². The first kappa shape index (κ1) is 13.8. The zero-order valence-corrected chi connectivity index (χ0v) is 11.8. The Bertz CT molecular complexity index is 765. The lowest BCUT2D eigenvalue weighted by atomic mass is 10.2. The summed E-state index contributed by atoms with van der Waals surface area (Å²) in [5.41, 5.74) is 7.66. The third-order valence-corrected chi connectivity index (χ3v) is 3.11. The molecule has 0 saturated carbocycles. The first-order valence-corrected chi connectivity index (χ1v) is 6.81. The summed E-state index contributed by atoms with van der Waals surface area (Å²) >= 11 is 0. The van der Waals surface area contributed by atoms with Crippen molar-refractivity contribution in [2.24, 2.45) is 0 Å². The Hall–Kier alpha value is -3.15. The molecule has 0 aliphatic carbocycles. The number of hydrogen-bond acceptors (Lipinski definition) is 4. The lowest BCUT2D eigenvalue weighted by Gasteiger charge is -2.03. The van der Waals surface area contributed by atoms with E-state index in [2.05, 4.69) is 15.4 Å². The second-order valence-electron chi connectivity index (χ2n) is 4.80. The van der Waals surface area contributed by atoms with Crippen LogP contribution in [-0.2, 0) is 6.54 Å². The standard InChI is InChI=1S/C16H15N5O/c17-13-6-4-12(5-7-13)16(22)19-15-8-10-21(20-15)11-14-3-1-2-9-18-14/h1-10H,11,17H2,(H,19,20,22). The van der Waals surface area contributed by atoms with Gasteiger partial charge in [0.05, 0.1) is 12.2 Å². The maximum Gasteiger partial charge on any atom is 0.256 e. The summed E-state index contributed by atoms with van der Waals surface area (Å²) in [5, 5.41) is 7.06. The van der Waals surface area contributed by atoms with Crippen molar-refractivity contribution >= 4 is 17.4 Å². The van der Waals surface area contributed by atoms with E-state index in [4.69, 9.17) is 5.73 Å². The van der Waals surface area contributed by atoms with E-state index >= 15 is 0 Å². The van der Waals surface area contributed by atoms with Crippen molar-refractivity contribution in [3.05, 3.63) is 72.2 Å². The second-order valence-corrected chi connectivity index (χ2v) is 4.80. The number of amides is 1. The van der Waals surface area contributed by atoms with Crippen LogP contribution in [0.5, 0.6) is 0 Å². The number of nitrogens with two attached hydrogens (primary N) is 1. The summed E-state index contributed by atoms with van der Waals surface area (Å²) in [4.78, 5) is 16.3. The molecule has 6 heteroatoms. The number of aromatic nitrogens is 3. The predicted molar refractivity (Wildman–Crippen MR) is 84.4 cm³/mol. The Labute approximate surface area is 127 Å². The number of rotatable bonds is 4. The molecule has 22 heavy (non-hydrogen) atoms. The Balaban J connectivity index is 1.66. The molecule has 2 heterocycles. The summed E-state index contributed by atoms with van der Waals surface area (Å²) in [6, 6.07) is 14.2. The molecule has 0 atom stereocenters. The Kier molecular flexibility index (Phi) is 3.82. The SMILES string of the molecule is Nc1ccc(C(=O)Nc2ccn(Cc3ccccn3)n2)cc1. The minimum Gasteiger partial charge on any atom is -0.399 e.